The van der Waals surface area contributed by atoms with Gasteiger partial charge in [-0.2, -0.15) is 5.10 Å². The Morgan fingerprint density at radius 3 is 2.82 bits per heavy atom. The van der Waals surface area contributed by atoms with Crippen LogP contribution in [-0.2, 0) is 29.0 Å². The molecule has 0 spiro atoms. The van der Waals surface area contributed by atoms with Crippen molar-refractivity contribution in [3.63, 3.8) is 0 Å². The number of aromatic nitrogens is 2. The number of amides is 2. The molecule has 0 saturated carbocycles. The van der Waals surface area contributed by atoms with Gasteiger partial charge in [-0.3, -0.25) is 14.8 Å². The van der Waals surface area contributed by atoms with Gasteiger partial charge in [-0.05, 0) is 29.7 Å². The number of rotatable bonds is 5. The molecule has 2 N–H and O–H groups in total. The van der Waals surface area contributed by atoms with Crippen LogP contribution in [0.1, 0.15) is 30.2 Å². The van der Waals surface area contributed by atoms with E-state index in [0.717, 1.165) is 16.8 Å². The van der Waals surface area contributed by atoms with Crippen LogP contribution < -0.4 is 5.32 Å². The van der Waals surface area contributed by atoms with E-state index >= 15 is 0 Å². The molecule has 0 fully saturated rings. The first-order chi connectivity index (χ1) is 13.6. The van der Waals surface area contributed by atoms with E-state index in [1.54, 1.807) is 11.8 Å². The third-order valence-corrected chi connectivity index (χ3v) is 4.89. The van der Waals surface area contributed by atoms with Crippen LogP contribution in [0, 0.1) is 0 Å². The lowest BCUT2D eigenvalue weighted by molar-refractivity contribution is -0.116. The lowest BCUT2D eigenvalue weighted by Gasteiger charge is -2.14. The number of nitrogens with one attached hydrogen (secondary N) is 2. The number of hydrogen-bond donors (Lipinski definition) is 2. The molecule has 3 aromatic rings. The fraction of sp³-hybridized carbons (Fsp3) is 0.286. The first-order valence-corrected chi connectivity index (χ1v) is 9.39. The maximum atomic E-state index is 12.4. The number of carbonyl (C=O) groups excluding carboxylic acids is 2. The largest absolute Gasteiger partial charge is 0.450 e. The highest BCUT2D eigenvalue weighted by Crippen LogP contribution is 2.27. The van der Waals surface area contributed by atoms with Crippen molar-refractivity contribution >= 4 is 28.6 Å². The van der Waals surface area contributed by atoms with E-state index in [-0.39, 0.29) is 12.0 Å². The van der Waals surface area contributed by atoms with Crippen LogP contribution in [-0.4, -0.2) is 33.7 Å². The second kappa shape index (κ2) is 7.72. The molecule has 2 heterocycles. The molecule has 0 radical (unpaired) electrons. The zero-order chi connectivity index (χ0) is 19.5. The second-order valence-corrected chi connectivity index (χ2v) is 6.81. The molecule has 0 unspecified atom stereocenters. The van der Waals surface area contributed by atoms with Gasteiger partial charge < -0.3 is 10.1 Å². The number of fused-ring (bicyclic) bond motifs is 2. The van der Waals surface area contributed by atoms with Gasteiger partial charge in [-0.1, -0.05) is 42.5 Å². The Bertz CT molecular complexity index is 1030. The number of aryl methyl sites for hydroxylation is 1. The standard InChI is InChI=1S/C21H22N4O3/c1-2-28-21(27)25-12-17-18(13-25)23-24-20(17)22-19(26)10-8-14-7-9-15-5-3-4-6-16(15)11-14/h3-7,9,11H,2,8,10,12-13H2,1H3,(H2,22,23,24,26). The average Bonchev–Trinajstić information content (AvgIpc) is 3.28. The summed E-state index contributed by atoms with van der Waals surface area (Å²) in [7, 11) is 0. The number of aromatic amines is 1. The Hall–Kier alpha value is -3.35. The molecule has 0 aliphatic carbocycles. The smallest absolute Gasteiger partial charge is 0.410 e. The maximum absolute atomic E-state index is 12.4. The summed E-state index contributed by atoms with van der Waals surface area (Å²) in [5.74, 6) is 0.391. The van der Waals surface area contributed by atoms with Gasteiger partial charge in [0.25, 0.3) is 0 Å². The minimum Gasteiger partial charge on any atom is -0.450 e. The SMILES string of the molecule is CCOC(=O)N1Cc2[nH]nc(NC(=O)CCc3ccc4ccccc4c3)c2C1. The summed E-state index contributed by atoms with van der Waals surface area (Å²) in [5.41, 5.74) is 2.79. The Morgan fingerprint density at radius 2 is 2.00 bits per heavy atom. The monoisotopic (exact) mass is 378 g/mol. The molecule has 7 nitrogen and oxygen atoms in total. The Balaban J connectivity index is 1.35. The topological polar surface area (TPSA) is 87.3 Å². The van der Waals surface area contributed by atoms with Crippen molar-refractivity contribution in [1.82, 2.24) is 15.1 Å². The van der Waals surface area contributed by atoms with Crippen molar-refractivity contribution in [3.8, 4) is 0 Å². The molecule has 4 rings (SSSR count). The molecule has 1 aromatic heterocycles. The van der Waals surface area contributed by atoms with E-state index in [1.165, 1.54) is 10.8 Å². The number of carbonyl (C=O) groups is 2. The highest BCUT2D eigenvalue weighted by molar-refractivity contribution is 5.91. The molecule has 0 saturated heterocycles. The van der Waals surface area contributed by atoms with Gasteiger partial charge in [0.1, 0.15) is 0 Å². The molecular weight excluding hydrogens is 356 g/mol. The normalized spacial score (nSPS) is 12.8. The summed E-state index contributed by atoms with van der Waals surface area (Å²) in [4.78, 5) is 25.9. The maximum Gasteiger partial charge on any atom is 0.410 e. The van der Waals surface area contributed by atoms with Crippen molar-refractivity contribution in [2.45, 2.75) is 32.9 Å². The third kappa shape index (κ3) is 3.69. The van der Waals surface area contributed by atoms with Gasteiger partial charge in [0.2, 0.25) is 5.91 Å². The lowest BCUT2D eigenvalue weighted by Crippen LogP contribution is -2.26. The number of nitrogens with zero attached hydrogens (tertiary/aromatic N) is 2. The second-order valence-electron chi connectivity index (χ2n) is 6.81. The Morgan fingerprint density at radius 1 is 1.18 bits per heavy atom. The molecule has 1 aliphatic rings. The van der Waals surface area contributed by atoms with Crippen LogP contribution >= 0.6 is 0 Å². The molecule has 0 atom stereocenters. The molecule has 144 valence electrons. The molecule has 0 bridgehead atoms. The van der Waals surface area contributed by atoms with Crippen molar-refractivity contribution in [1.29, 1.82) is 0 Å². The molecule has 28 heavy (non-hydrogen) atoms. The van der Waals surface area contributed by atoms with Crippen molar-refractivity contribution in [3.05, 3.63) is 59.3 Å². The molecular formula is C21H22N4O3. The van der Waals surface area contributed by atoms with Crippen LogP contribution in [0.25, 0.3) is 10.8 Å². The van der Waals surface area contributed by atoms with E-state index in [0.29, 0.717) is 38.4 Å². The van der Waals surface area contributed by atoms with E-state index < -0.39 is 0 Å². The average molecular weight is 378 g/mol. The Kier molecular flexibility index (Phi) is 4.97. The van der Waals surface area contributed by atoms with Crippen molar-refractivity contribution < 1.29 is 14.3 Å². The predicted octanol–water partition coefficient (Wildman–Crippen LogP) is 3.61. The highest BCUT2D eigenvalue weighted by Gasteiger charge is 2.29. The summed E-state index contributed by atoms with van der Waals surface area (Å²) in [6, 6.07) is 14.4. The fourth-order valence-corrected chi connectivity index (χ4v) is 3.43. The van der Waals surface area contributed by atoms with Gasteiger partial charge in [-0.25, -0.2) is 4.79 Å². The van der Waals surface area contributed by atoms with Crippen LogP contribution in [0.4, 0.5) is 10.6 Å². The predicted molar refractivity (Wildman–Crippen MR) is 106 cm³/mol. The van der Waals surface area contributed by atoms with Crippen LogP contribution in [0.2, 0.25) is 0 Å². The zero-order valence-electron chi connectivity index (χ0n) is 15.7. The summed E-state index contributed by atoms with van der Waals surface area (Å²) in [6.07, 6.45) is 0.653. The number of ether oxygens (including phenoxy) is 1. The number of H-pyrrole nitrogens is 1. The van der Waals surface area contributed by atoms with Gasteiger partial charge >= 0.3 is 6.09 Å². The van der Waals surface area contributed by atoms with Crippen molar-refractivity contribution in [2.75, 3.05) is 11.9 Å². The van der Waals surface area contributed by atoms with Crippen molar-refractivity contribution in [2.24, 2.45) is 0 Å². The number of anilines is 1. The van der Waals surface area contributed by atoms with E-state index in [4.69, 9.17) is 4.74 Å². The van der Waals surface area contributed by atoms with Gasteiger partial charge in [0, 0.05) is 12.0 Å². The van der Waals surface area contributed by atoms with E-state index in [2.05, 4.69) is 45.8 Å². The van der Waals surface area contributed by atoms with Crippen LogP contribution in [0.15, 0.2) is 42.5 Å². The van der Waals surface area contributed by atoms with Gasteiger partial charge in [0.05, 0.1) is 25.4 Å². The first kappa shape index (κ1) is 18.0. The molecule has 1 aliphatic heterocycles. The third-order valence-electron chi connectivity index (χ3n) is 4.89. The molecule has 2 amide bonds. The quantitative estimate of drug-likeness (QED) is 0.710. The van der Waals surface area contributed by atoms with E-state index in [1.807, 2.05) is 12.1 Å². The lowest BCUT2D eigenvalue weighted by atomic mass is 10.0. The van der Waals surface area contributed by atoms with Gasteiger partial charge in [-0.15, -0.1) is 0 Å². The zero-order valence-corrected chi connectivity index (χ0v) is 15.7. The molecule has 7 heteroatoms. The van der Waals surface area contributed by atoms with Gasteiger partial charge in [0.15, 0.2) is 5.82 Å². The van der Waals surface area contributed by atoms with Crippen LogP contribution in [0.3, 0.4) is 0 Å². The highest BCUT2D eigenvalue weighted by atomic mass is 16.6. The summed E-state index contributed by atoms with van der Waals surface area (Å²) < 4.78 is 5.03. The fourth-order valence-electron chi connectivity index (χ4n) is 3.43. The summed E-state index contributed by atoms with van der Waals surface area (Å²) in [5, 5.41) is 12.3. The first-order valence-electron chi connectivity index (χ1n) is 9.39. The minimum absolute atomic E-state index is 0.1000. The number of benzene rings is 2. The molecule has 2 aromatic carbocycles. The summed E-state index contributed by atoms with van der Waals surface area (Å²) in [6.45, 7) is 2.90. The van der Waals surface area contributed by atoms with E-state index in [9.17, 15) is 9.59 Å². The number of hydrogen-bond acceptors (Lipinski definition) is 4. The summed E-state index contributed by atoms with van der Waals surface area (Å²) >= 11 is 0. The minimum atomic E-state index is -0.360. The van der Waals surface area contributed by atoms with Crippen LogP contribution in [0.5, 0.6) is 0 Å². The Labute approximate surface area is 162 Å².